The van der Waals surface area contributed by atoms with Gasteiger partial charge in [-0.3, -0.25) is 14.3 Å². The smallest absolute Gasteiger partial charge is 0.283 e. The van der Waals surface area contributed by atoms with Crippen molar-refractivity contribution in [2.45, 2.75) is 19.9 Å². The highest BCUT2D eigenvalue weighted by molar-refractivity contribution is 7.14. The van der Waals surface area contributed by atoms with E-state index in [-0.39, 0.29) is 17.2 Å². The third-order valence-electron chi connectivity index (χ3n) is 5.71. The lowest BCUT2D eigenvalue weighted by Gasteiger charge is -2.08. The Balaban J connectivity index is 1.40. The summed E-state index contributed by atoms with van der Waals surface area (Å²) in [7, 11) is 1.78. The number of hydrazone groups is 1. The van der Waals surface area contributed by atoms with Gasteiger partial charge in [-0.2, -0.15) is 15.2 Å². The molecule has 0 spiro atoms. The van der Waals surface area contributed by atoms with Gasteiger partial charge in [0.25, 0.3) is 11.5 Å². The molecule has 0 aliphatic carbocycles. The first kappa shape index (κ1) is 22.9. The van der Waals surface area contributed by atoms with Crippen LogP contribution in [0.2, 0.25) is 5.02 Å². The molecule has 5 rings (SSSR count). The van der Waals surface area contributed by atoms with Crippen LogP contribution >= 0.6 is 22.9 Å². The molecule has 1 atom stereocenters. The maximum absolute atomic E-state index is 13.1. The summed E-state index contributed by atoms with van der Waals surface area (Å²) in [6.45, 7) is 3.49. The number of carbonyl (C=O) groups excluding carboxylic acids is 1. The molecular weight excluding hydrogens is 486 g/mol. The van der Waals surface area contributed by atoms with Gasteiger partial charge in [-0.05, 0) is 38.1 Å². The summed E-state index contributed by atoms with van der Waals surface area (Å²) >= 11 is 7.26. The lowest BCUT2D eigenvalue weighted by molar-refractivity contribution is -0.117. The lowest BCUT2D eigenvalue weighted by atomic mass is 10.2. The predicted octanol–water partition coefficient (Wildman–Crippen LogP) is 5.14. The highest BCUT2D eigenvalue weighted by Gasteiger charge is 2.36. The van der Waals surface area contributed by atoms with Crippen molar-refractivity contribution in [3.63, 3.8) is 0 Å². The second-order valence-electron chi connectivity index (χ2n) is 7.94. The molecule has 176 valence electrons. The maximum atomic E-state index is 13.1. The zero-order valence-corrected chi connectivity index (χ0v) is 20.7. The first-order valence-electron chi connectivity index (χ1n) is 10.7. The third kappa shape index (κ3) is 4.11. The molecule has 2 aromatic heterocycles. The molecule has 4 aromatic rings. The minimum Gasteiger partial charge on any atom is -0.283 e. The average Bonchev–Trinajstić information content (AvgIpc) is 3.50. The van der Waals surface area contributed by atoms with Gasteiger partial charge in [0.1, 0.15) is 0 Å². The maximum Gasteiger partial charge on any atom is 0.299 e. The van der Waals surface area contributed by atoms with Crippen molar-refractivity contribution in [3.8, 4) is 16.9 Å². The normalized spacial score (nSPS) is 15.9. The van der Waals surface area contributed by atoms with Crippen LogP contribution in [0.4, 0.5) is 10.8 Å². The molecular formula is C24H20ClN7O2S. The molecule has 2 aromatic carbocycles. The molecule has 0 saturated carbocycles. The van der Waals surface area contributed by atoms with E-state index in [2.05, 4.69) is 20.3 Å². The number of thiazole rings is 1. The SMILES string of the molecule is CC1=NN(c2nc(-c3ccc(Cl)cc3)cs2)C(=O)[C@H]1N=Nc1c(C)n(C)n(-c2ccccc2)c1=O. The van der Waals surface area contributed by atoms with Crippen LogP contribution in [0.5, 0.6) is 0 Å². The monoisotopic (exact) mass is 505 g/mol. The number of azo groups is 1. The number of para-hydroxylation sites is 1. The van der Waals surface area contributed by atoms with Crippen molar-refractivity contribution in [2.75, 3.05) is 5.01 Å². The Morgan fingerprint density at radius 2 is 1.74 bits per heavy atom. The Labute approximate surface area is 209 Å². The molecule has 0 fully saturated rings. The molecule has 1 amide bonds. The Morgan fingerprint density at radius 1 is 1.03 bits per heavy atom. The zero-order chi connectivity index (χ0) is 24.7. The van der Waals surface area contributed by atoms with E-state index < -0.39 is 6.04 Å². The molecule has 1 aliphatic rings. The summed E-state index contributed by atoms with van der Waals surface area (Å²) < 4.78 is 3.23. The van der Waals surface area contributed by atoms with E-state index in [1.165, 1.54) is 21.0 Å². The number of aromatic nitrogens is 3. The molecule has 0 unspecified atom stereocenters. The second kappa shape index (κ2) is 9.05. The summed E-state index contributed by atoms with van der Waals surface area (Å²) in [5.41, 5.74) is 3.28. The number of benzene rings is 2. The molecule has 0 bridgehead atoms. The zero-order valence-electron chi connectivity index (χ0n) is 19.1. The van der Waals surface area contributed by atoms with Crippen LogP contribution in [0.25, 0.3) is 16.9 Å². The van der Waals surface area contributed by atoms with E-state index in [9.17, 15) is 9.59 Å². The highest BCUT2D eigenvalue weighted by atomic mass is 35.5. The summed E-state index contributed by atoms with van der Waals surface area (Å²) in [5, 5.41) is 16.9. The summed E-state index contributed by atoms with van der Waals surface area (Å²) in [6.07, 6.45) is 0. The van der Waals surface area contributed by atoms with Gasteiger partial charge in [0, 0.05) is 23.0 Å². The Bertz CT molecular complexity index is 1530. The van der Waals surface area contributed by atoms with Crippen LogP contribution in [-0.4, -0.2) is 32.0 Å². The number of hydrogen-bond donors (Lipinski definition) is 0. The van der Waals surface area contributed by atoms with Crippen LogP contribution in [0.15, 0.2) is 80.1 Å². The fourth-order valence-corrected chi connectivity index (χ4v) is 4.64. The molecule has 0 N–H and O–H groups in total. The van der Waals surface area contributed by atoms with Gasteiger partial charge in [-0.15, -0.1) is 16.5 Å². The van der Waals surface area contributed by atoms with Crippen LogP contribution in [-0.2, 0) is 11.8 Å². The van der Waals surface area contributed by atoms with E-state index >= 15 is 0 Å². The van der Waals surface area contributed by atoms with Crippen LogP contribution in [0.1, 0.15) is 12.6 Å². The van der Waals surface area contributed by atoms with Gasteiger partial charge >= 0.3 is 0 Å². The molecule has 9 nitrogen and oxygen atoms in total. The Hall–Kier alpha value is -3.89. The van der Waals surface area contributed by atoms with Crippen molar-refractivity contribution in [2.24, 2.45) is 22.4 Å². The topological polar surface area (TPSA) is 97.2 Å². The Morgan fingerprint density at radius 3 is 2.46 bits per heavy atom. The van der Waals surface area contributed by atoms with Crippen LogP contribution in [0.3, 0.4) is 0 Å². The van der Waals surface area contributed by atoms with Gasteiger partial charge in [0.15, 0.2) is 11.7 Å². The summed E-state index contributed by atoms with van der Waals surface area (Å²) in [5.74, 6) is -0.375. The van der Waals surface area contributed by atoms with Gasteiger partial charge in [-0.1, -0.05) is 41.9 Å². The van der Waals surface area contributed by atoms with Crippen LogP contribution < -0.4 is 10.6 Å². The van der Waals surface area contributed by atoms with E-state index in [0.717, 1.165) is 5.56 Å². The van der Waals surface area contributed by atoms with Crippen molar-refractivity contribution in [1.82, 2.24) is 14.3 Å². The van der Waals surface area contributed by atoms with Crippen molar-refractivity contribution < 1.29 is 4.79 Å². The molecule has 11 heteroatoms. The van der Waals surface area contributed by atoms with Crippen molar-refractivity contribution in [3.05, 3.63) is 81.0 Å². The minimum atomic E-state index is -0.929. The first-order chi connectivity index (χ1) is 16.8. The molecule has 0 radical (unpaired) electrons. The number of amides is 1. The fraction of sp³-hybridized carbons (Fsp3) is 0.167. The van der Waals surface area contributed by atoms with Crippen molar-refractivity contribution in [1.29, 1.82) is 0 Å². The van der Waals surface area contributed by atoms with E-state index in [0.29, 0.717) is 32.9 Å². The second-order valence-corrected chi connectivity index (χ2v) is 9.21. The fourth-order valence-electron chi connectivity index (χ4n) is 3.73. The molecule has 3 heterocycles. The van der Waals surface area contributed by atoms with Gasteiger partial charge < -0.3 is 0 Å². The lowest BCUT2D eigenvalue weighted by Crippen LogP contribution is -2.29. The molecule has 0 saturated heterocycles. The van der Waals surface area contributed by atoms with Gasteiger partial charge in [0.05, 0.1) is 22.8 Å². The number of hydrogen-bond acceptors (Lipinski definition) is 7. The van der Waals surface area contributed by atoms with Gasteiger partial charge in [-0.25, -0.2) is 9.67 Å². The number of anilines is 1. The van der Waals surface area contributed by atoms with Crippen LogP contribution in [0, 0.1) is 6.92 Å². The minimum absolute atomic E-state index is 0.176. The predicted molar refractivity (Wildman–Crippen MR) is 137 cm³/mol. The van der Waals surface area contributed by atoms with Gasteiger partial charge in [0.2, 0.25) is 5.13 Å². The number of nitrogens with zero attached hydrogens (tertiary/aromatic N) is 7. The molecule has 35 heavy (non-hydrogen) atoms. The van der Waals surface area contributed by atoms with E-state index in [4.69, 9.17) is 11.6 Å². The van der Waals surface area contributed by atoms with E-state index in [1.54, 1.807) is 37.7 Å². The standard InChI is InChI=1S/C24H20ClN7O2S/c1-14-20(27-28-21-15(2)30(3)32(23(21)34)18-7-5-4-6-8-18)22(33)31(29-14)24-26-19(13-35-24)16-9-11-17(25)12-10-16/h4-13,20H,1-3H3/t20-/m0/s1. The number of rotatable bonds is 5. The average molecular weight is 506 g/mol. The van der Waals surface area contributed by atoms with Crippen molar-refractivity contribution >= 4 is 45.4 Å². The first-order valence-corrected chi connectivity index (χ1v) is 12.0. The highest BCUT2D eigenvalue weighted by Crippen LogP contribution is 2.31. The molecule has 1 aliphatic heterocycles. The summed E-state index contributed by atoms with van der Waals surface area (Å²) in [6, 6.07) is 15.6. The Kier molecular flexibility index (Phi) is 5.91. The van der Waals surface area contributed by atoms with E-state index in [1.807, 2.05) is 47.8 Å². The number of carbonyl (C=O) groups is 1. The largest absolute Gasteiger partial charge is 0.299 e. The third-order valence-corrected chi connectivity index (χ3v) is 6.77. The summed E-state index contributed by atoms with van der Waals surface area (Å²) in [4.78, 5) is 30.7. The quantitative estimate of drug-likeness (QED) is 0.351. The number of halogens is 1.